The Hall–Kier alpha value is -3.86. The predicted molar refractivity (Wildman–Crippen MR) is 142 cm³/mol. The fraction of sp³-hybridized carbons (Fsp3) is 0.267. The van der Waals surface area contributed by atoms with Crippen molar-refractivity contribution < 1.29 is 14.3 Å². The molecule has 1 aliphatic heterocycles. The minimum Gasteiger partial charge on any atom is -0.489 e. The number of hydrogen-bond donors (Lipinski definition) is 1. The van der Waals surface area contributed by atoms with Crippen molar-refractivity contribution in [2.45, 2.75) is 53.6 Å². The number of nitrogens with one attached hydrogen (secondary N) is 1. The number of ether oxygens (including phenoxy) is 1. The summed E-state index contributed by atoms with van der Waals surface area (Å²) < 4.78 is 5.94. The maximum Gasteiger partial charge on any atom is 0.282 e. The first kappa shape index (κ1) is 24.3. The molecule has 180 valence electrons. The van der Waals surface area contributed by atoms with Gasteiger partial charge in [-0.15, -0.1) is 0 Å². The number of para-hydroxylation sites is 2. The summed E-state index contributed by atoms with van der Waals surface area (Å²) in [4.78, 5) is 28.9. The maximum atomic E-state index is 13.9. The summed E-state index contributed by atoms with van der Waals surface area (Å²) in [6.45, 7) is 12.1. The van der Waals surface area contributed by atoms with Gasteiger partial charge in [0.15, 0.2) is 0 Å². The molecule has 0 saturated heterocycles. The van der Waals surface area contributed by atoms with Crippen LogP contribution in [0.1, 0.15) is 55.9 Å². The van der Waals surface area contributed by atoms with Crippen LogP contribution >= 0.6 is 0 Å². The van der Waals surface area contributed by atoms with Crippen LogP contribution in [0.2, 0.25) is 0 Å². The van der Waals surface area contributed by atoms with E-state index in [1.807, 2.05) is 76.2 Å². The van der Waals surface area contributed by atoms with Crippen molar-refractivity contribution in [2.75, 3.05) is 10.2 Å². The van der Waals surface area contributed by atoms with E-state index < -0.39 is 5.91 Å². The number of carbonyl (C=O) groups excluding carboxylic acids is 2. The molecule has 1 aliphatic rings. The molecule has 5 heteroatoms. The molecule has 0 fully saturated rings. The third-order valence-corrected chi connectivity index (χ3v) is 6.05. The largest absolute Gasteiger partial charge is 0.489 e. The monoisotopic (exact) mass is 468 g/mol. The summed E-state index contributed by atoms with van der Waals surface area (Å²) >= 11 is 0. The molecule has 5 nitrogen and oxygen atoms in total. The first-order valence-corrected chi connectivity index (χ1v) is 12.0. The second-order valence-electron chi connectivity index (χ2n) is 9.55. The van der Waals surface area contributed by atoms with E-state index in [4.69, 9.17) is 4.74 Å². The molecule has 0 radical (unpaired) electrons. The fourth-order valence-corrected chi connectivity index (χ4v) is 4.30. The van der Waals surface area contributed by atoms with Crippen LogP contribution in [-0.2, 0) is 9.59 Å². The van der Waals surface area contributed by atoms with Gasteiger partial charge in [-0.1, -0.05) is 61.9 Å². The molecule has 0 spiro atoms. The minimum atomic E-state index is -0.405. The minimum absolute atomic E-state index is 0.104. The summed E-state index contributed by atoms with van der Waals surface area (Å²) in [6.07, 6.45) is -0.104. The second-order valence-corrected chi connectivity index (χ2v) is 9.55. The van der Waals surface area contributed by atoms with Gasteiger partial charge in [0.05, 0.1) is 17.4 Å². The highest BCUT2D eigenvalue weighted by atomic mass is 16.5. The topological polar surface area (TPSA) is 58.6 Å². The van der Waals surface area contributed by atoms with Gasteiger partial charge >= 0.3 is 0 Å². The molecule has 4 rings (SSSR count). The lowest BCUT2D eigenvalue weighted by molar-refractivity contribution is -0.120. The van der Waals surface area contributed by atoms with Crippen molar-refractivity contribution in [3.63, 3.8) is 0 Å². The van der Waals surface area contributed by atoms with Crippen molar-refractivity contribution in [3.05, 3.63) is 94.7 Å². The van der Waals surface area contributed by atoms with E-state index in [2.05, 4.69) is 19.2 Å². The van der Waals surface area contributed by atoms with Crippen molar-refractivity contribution in [1.82, 2.24) is 0 Å². The molecule has 1 heterocycles. The average Bonchev–Trinajstić information content (AvgIpc) is 3.04. The fourth-order valence-electron chi connectivity index (χ4n) is 4.30. The van der Waals surface area contributed by atoms with Gasteiger partial charge in [0.2, 0.25) is 0 Å². The molecule has 1 N–H and O–H groups in total. The van der Waals surface area contributed by atoms with Crippen LogP contribution in [0.5, 0.6) is 5.75 Å². The van der Waals surface area contributed by atoms with E-state index in [1.165, 1.54) is 10.5 Å². The molecule has 35 heavy (non-hydrogen) atoms. The zero-order chi connectivity index (χ0) is 25.3. The normalized spacial score (nSPS) is 13.9. The lowest BCUT2D eigenvalue weighted by Crippen LogP contribution is -2.33. The van der Waals surface area contributed by atoms with Crippen LogP contribution < -0.4 is 15.0 Å². The summed E-state index contributed by atoms with van der Waals surface area (Å²) in [5, 5.41) is 3.26. The molecule has 2 amide bonds. The molecule has 0 aliphatic carbocycles. The number of nitrogens with zero attached hydrogens (tertiary/aromatic N) is 1. The first-order valence-electron chi connectivity index (χ1n) is 12.0. The Morgan fingerprint density at radius 2 is 1.51 bits per heavy atom. The Bertz CT molecular complexity index is 1300. The smallest absolute Gasteiger partial charge is 0.282 e. The number of rotatable bonds is 7. The van der Waals surface area contributed by atoms with Crippen LogP contribution in [0.4, 0.5) is 11.4 Å². The number of aryl methyl sites for hydroxylation is 2. The molecule has 3 aromatic carbocycles. The third-order valence-electron chi connectivity index (χ3n) is 6.05. The highest BCUT2D eigenvalue weighted by molar-refractivity contribution is 6.46. The zero-order valence-corrected chi connectivity index (χ0v) is 21.2. The highest BCUT2D eigenvalue weighted by Gasteiger charge is 2.42. The molecule has 0 atom stereocenters. The van der Waals surface area contributed by atoms with Gasteiger partial charge in [-0.05, 0) is 74.6 Å². The summed E-state index contributed by atoms with van der Waals surface area (Å²) in [5.74, 6) is 0.115. The molecule has 0 bridgehead atoms. The number of anilines is 2. The number of amides is 2. The third kappa shape index (κ3) is 4.85. The van der Waals surface area contributed by atoms with E-state index >= 15 is 0 Å². The molecule has 3 aromatic rings. The number of carbonyl (C=O) groups is 2. The predicted octanol–water partition coefficient (Wildman–Crippen LogP) is 6.61. The summed E-state index contributed by atoms with van der Waals surface area (Å²) in [7, 11) is 0. The van der Waals surface area contributed by atoms with Crippen molar-refractivity contribution in [2.24, 2.45) is 0 Å². The molecule has 0 unspecified atom stereocenters. The number of imide groups is 1. The first-order chi connectivity index (χ1) is 16.7. The Morgan fingerprint density at radius 3 is 2.14 bits per heavy atom. The molecule has 0 saturated carbocycles. The van der Waals surface area contributed by atoms with Gasteiger partial charge in [0.1, 0.15) is 11.4 Å². The van der Waals surface area contributed by atoms with Gasteiger partial charge < -0.3 is 10.1 Å². The van der Waals surface area contributed by atoms with E-state index in [1.54, 1.807) is 18.2 Å². The number of hydrogen-bond acceptors (Lipinski definition) is 4. The van der Waals surface area contributed by atoms with Gasteiger partial charge in [0.25, 0.3) is 11.8 Å². The second kappa shape index (κ2) is 9.79. The average molecular weight is 469 g/mol. The Kier molecular flexibility index (Phi) is 6.79. The van der Waals surface area contributed by atoms with Gasteiger partial charge in [-0.25, -0.2) is 4.90 Å². The Morgan fingerprint density at radius 1 is 0.829 bits per heavy atom. The van der Waals surface area contributed by atoms with E-state index in [-0.39, 0.29) is 17.7 Å². The van der Waals surface area contributed by atoms with Crippen molar-refractivity contribution in [3.8, 4) is 5.75 Å². The van der Waals surface area contributed by atoms with Crippen LogP contribution in [0, 0.1) is 13.8 Å². The van der Waals surface area contributed by atoms with Crippen LogP contribution in [0.15, 0.2) is 72.4 Å². The Labute approximate surface area is 207 Å². The van der Waals surface area contributed by atoms with E-state index in [9.17, 15) is 9.59 Å². The Balaban J connectivity index is 1.83. The number of benzene rings is 3. The molecule has 0 aromatic heterocycles. The standard InChI is InChI=1S/C30H32N2O3/c1-18(2)22-12-14-23(15-13-22)31-28-27(24-16-11-20(5)17-21(24)6)29(33)32(30(28)34)25-9-7-8-10-26(25)35-19(3)4/h7-19,31H,1-6H3. The SMILES string of the molecule is Cc1ccc(C2=C(Nc3ccc(C(C)C)cc3)C(=O)N(c3ccccc3OC(C)C)C2=O)c(C)c1. The lowest BCUT2D eigenvalue weighted by atomic mass is 9.97. The molecular weight excluding hydrogens is 436 g/mol. The summed E-state index contributed by atoms with van der Waals surface area (Å²) in [5.41, 5.74) is 5.78. The van der Waals surface area contributed by atoms with Crippen molar-refractivity contribution in [1.29, 1.82) is 0 Å². The quantitative estimate of drug-likeness (QED) is 0.396. The van der Waals surface area contributed by atoms with Gasteiger partial charge in [0, 0.05) is 5.69 Å². The van der Waals surface area contributed by atoms with Crippen LogP contribution in [0.25, 0.3) is 5.57 Å². The van der Waals surface area contributed by atoms with Gasteiger partial charge in [-0.3, -0.25) is 9.59 Å². The van der Waals surface area contributed by atoms with Crippen molar-refractivity contribution >= 4 is 28.8 Å². The van der Waals surface area contributed by atoms with Crippen LogP contribution in [-0.4, -0.2) is 17.9 Å². The van der Waals surface area contributed by atoms with Gasteiger partial charge in [-0.2, -0.15) is 0 Å². The highest BCUT2D eigenvalue weighted by Crippen LogP contribution is 2.39. The summed E-state index contributed by atoms with van der Waals surface area (Å²) in [6, 6.07) is 21.0. The molecular formula is C30H32N2O3. The zero-order valence-electron chi connectivity index (χ0n) is 21.2. The van der Waals surface area contributed by atoms with E-state index in [0.29, 0.717) is 22.9 Å². The van der Waals surface area contributed by atoms with Crippen LogP contribution in [0.3, 0.4) is 0 Å². The maximum absolute atomic E-state index is 13.9. The van der Waals surface area contributed by atoms with E-state index in [0.717, 1.165) is 22.4 Å². The lowest BCUT2D eigenvalue weighted by Gasteiger charge is -2.20.